The molecule has 0 spiro atoms. The molecular formula is C18H21N2O2S+. The predicted molar refractivity (Wildman–Crippen MR) is 92.2 cm³/mol. The molecule has 0 saturated carbocycles. The summed E-state index contributed by atoms with van der Waals surface area (Å²) in [5, 5.41) is 5.05. The number of ketones is 1. The van der Waals surface area contributed by atoms with Gasteiger partial charge in [-0.15, -0.1) is 11.3 Å². The normalized spacial score (nSPS) is 19.9. The van der Waals surface area contributed by atoms with Crippen LogP contribution >= 0.6 is 11.3 Å². The Bertz CT molecular complexity index is 738. The molecule has 1 aliphatic rings. The van der Waals surface area contributed by atoms with Crippen LogP contribution in [0.4, 0.5) is 5.69 Å². The first kappa shape index (κ1) is 15.9. The number of nitrogens with one attached hydrogen (secondary N) is 2. The van der Waals surface area contributed by atoms with Crippen LogP contribution in [0.15, 0.2) is 35.7 Å². The van der Waals surface area contributed by atoms with E-state index in [-0.39, 0.29) is 11.7 Å². The maximum absolute atomic E-state index is 12.3. The van der Waals surface area contributed by atoms with Crippen LogP contribution in [0.5, 0.6) is 0 Å². The highest BCUT2D eigenvalue weighted by Gasteiger charge is 2.29. The van der Waals surface area contributed by atoms with Crippen LogP contribution in [-0.4, -0.2) is 24.8 Å². The number of anilines is 1. The number of benzene rings is 1. The zero-order chi connectivity index (χ0) is 16.4. The number of Topliss-reactive ketones (excluding diaryl/α,β-unsaturated/α-hetero) is 1. The highest BCUT2D eigenvalue weighted by atomic mass is 32.1. The Labute approximate surface area is 140 Å². The predicted octanol–water partition coefficient (Wildman–Crippen LogP) is 2.09. The maximum Gasteiger partial charge on any atom is 0.279 e. The largest absolute Gasteiger partial charge is 0.321 e. The molecule has 1 amide bonds. The zero-order valence-corrected chi connectivity index (χ0v) is 14.2. The van der Waals surface area contributed by atoms with Gasteiger partial charge in [0.1, 0.15) is 6.04 Å². The highest BCUT2D eigenvalue weighted by Crippen LogP contribution is 2.24. The zero-order valence-electron chi connectivity index (χ0n) is 13.4. The minimum atomic E-state index is -0.00812. The Morgan fingerprint density at radius 3 is 2.96 bits per heavy atom. The Hall–Kier alpha value is -1.98. The quantitative estimate of drug-likeness (QED) is 0.844. The van der Waals surface area contributed by atoms with Crippen molar-refractivity contribution >= 4 is 28.7 Å². The lowest BCUT2D eigenvalue weighted by molar-refractivity contribution is -0.923. The van der Waals surface area contributed by atoms with Crippen LogP contribution in [0.2, 0.25) is 0 Å². The SMILES string of the molecule is CC(=O)c1cccc(NC(=O)C[NH+]2CCc3sccc3[C@H]2C)c1. The fraction of sp³-hybridized carbons (Fsp3) is 0.333. The molecule has 120 valence electrons. The molecular weight excluding hydrogens is 308 g/mol. The van der Waals surface area contributed by atoms with Gasteiger partial charge in [-0.3, -0.25) is 9.59 Å². The third-order valence-electron chi connectivity index (χ3n) is 4.47. The lowest BCUT2D eigenvalue weighted by Crippen LogP contribution is -3.14. The van der Waals surface area contributed by atoms with E-state index in [0.29, 0.717) is 23.8 Å². The molecule has 2 N–H and O–H groups in total. The van der Waals surface area contributed by atoms with Crippen LogP contribution in [0.1, 0.15) is 40.7 Å². The van der Waals surface area contributed by atoms with Crippen molar-refractivity contribution in [3.05, 3.63) is 51.7 Å². The lowest BCUT2D eigenvalue weighted by Gasteiger charge is -2.29. The highest BCUT2D eigenvalue weighted by molar-refractivity contribution is 7.10. The molecule has 2 atom stereocenters. The van der Waals surface area contributed by atoms with E-state index in [0.717, 1.165) is 13.0 Å². The summed E-state index contributed by atoms with van der Waals surface area (Å²) in [5.41, 5.74) is 2.68. The number of carbonyl (C=O) groups excluding carboxylic acids is 2. The molecule has 23 heavy (non-hydrogen) atoms. The molecule has 3 rings (SSSR count). The van der Waals surface area contributed by atoms with Gasteiger partial charge in [-0.1, -0.05) is 12.1 Å². The molecule has 0 radical (unpaired) electrons. The van der Waals surface area contributed by atoms with Crippen molar-refractivity contribution in [2.24, 2.45) is 0 Å². The van der Waals surface area contributed by atoms with Crippen LogP contribution < -0.4 is 10.2 Å². The van der Waals surface area contributed by atoms with Gasteiger partial charge in [-0.25, -0.2) is 0 Å². The summed E-state index contributed by atoms with van der Waals surface area (Å²) in [6, 6.07) is 9.62. The van der Waals surface area contributed by atoms with E-state index < -0.39 is 0 Å². The monoisotopic (exact) mass is 329 g/mol. The number of fused-ring (bicyclic) bond motifs is 1. The fourth-order valence-electron chi connectivity index (χ4n) is 3.12. The summed E-state index contributed by atoms with van der Waals surface area (Å²) in [6.07, 6.45) is 1.04. The smallest absolute Gasteiger partial charge is 0.279 e. The summed E-state index contributed by atoms with van der Waals surface area (Å²) < 4.78 is 0. The number of quaternary nitrogens is 1. The van der Waals surface area contributed by atoms with E-state index in [2.05, 4.69) is 23.7 Å². The number of hydrogen-bond acceptors (Lipinski definition) is 3. The number of amides is 1. The standard InChI is InChI=1S/C18H20N2O2S/c1-12-16-7-9-23-17(16)6-8-20(12)11-18(22)19-15-5-3-4-14(10-15)13(2)21/h3-5,7,9-10,12H,6,8,11H2,1-2H3,(H,19,22)/p+1/t12-/m1/s1. The van der Waals surface area contributed by atoms with Crippen molar-refractivity contribution in [3.8, 4) is 0 Å². The van der Waals surface area contributed by atoms with Gasteiger partial charge in [0.05, 0.1) is 6.54 Å². The summed E-state index contributed by atoms with van der Waals surface area (Å²) in [6.45, 7) is 5.14. The second-order valence-corrected chi connectivity index (χ2v) is 7.04. The van der Waals surface area contributed by atoms with Gasteiger partial charge in [0.2, 0.25) is 0 Å². The molecule has 2 heterocycles. The summed E-state index contributed by atoms with van der Waals surface area (Å²) in [4.78, 5) is 26.5. The van der Waals surface area contributed by atoms with Gasteiger partial charge in [0.25, 0.3) is 5.91 Å². The molecule has 1 aromatic carbocycles. The molecule has 1 unspecified atom stereocenters. The van der Waals surface area contributed by atoms with Crippen molar-refractivity contribution in [1.29, 1.82) is 0 Å². The summed E-state index contributed by atoms with van der Waals surface area (Å²) >= 11 is 1.81. The van der Waals surface area contributed by atoms with E-state index in [1.54, 1.807) is 18.2 Å². The van der Waals surface area contributed by atoms with Gasteiger partial charge in [-0.05, 0) is 37.4 Å². The summed E-state index contributed by atoms with van der Waals surface area (Å²) in [7, 11) is 0. The fourth-order valence-corrected chi connectivity index (χ4v) is 4.10. The van der Waals surface area contributed by atoms with Crippen molar-refractivity contribution in [2.45, 2.75) is 26.3 Å². The van der Waals surface area contributed by atoms with Gasteiger partial charge >= 0.3 is 0 Å². The molecule has 0 saturated heterocycles. The maximum atomic E-state index is 12.3. The first-order valence-corrected chi connectivity index (χ1v) is 8.74. The molecule has 0 aliphatic carbocycles. The van der Waals surface area contributed by atoms with Crippen molar-refractivity contribution in [1.82, 2.24) is 0 Å². The minimum absolute atomic E-state index is 0.00126. The third kappa shape index (κ3) is 3.51. The molecule has 5 heteroatoms. The Balaban J connectivity index is 1.64. The topological polar surface area (TPSA) is 50.6 Å². The number of carbonyl (C=O) groups is 2. The first-order chi connectivity index (χ1) is 11.0. The second kappa shape index (κ2) is 6.64. The van der Waals surface area contributed by atoms with Crippen LogP contribution in [0, 0.1) is 0 Å². The molecule has 1 aliphatic heterocycles. The van der Waals surface area contributed by atoms with E-state index in [1.165, 1.54) is 22.3 Å². The number of rotatable bonds is 4. The average molecular weight is 329 g/mol. The minimum Gasteiger partial charge on any atom is -0.321 e. The van der Waals surface area contributed by atoms with E-state index >= 15 is 0 Å². The second-order valence-electron chi connectivity index (χ2n) is 6.04. The Kier molecular flexibility index (Phi) is 4.59. The lowest BCUT2D eigenvalue weighted by atomic mass is 10.0. The number of hydrogen-bond donors (Lipinski definition) is 2. The van der Waals surface area contributed by atoms with Crippen LogP contribution in [0.3, 0.4) is 0 Å². The molecule has 0 bridgehead atoms. The van der Waals surface area contributed by atoms with Crippen molar-refractivity contribution in [2.75, 3.05) is 18.4 Å². The van der Waals surface area contributed by atoms with E-state index in [9.17, 15) is 9.59 Å². The first-order valence-electron chi connectivity index (χ1n) is 7.86. The van der Waals surface area contributed by atoms with Crippen LogP contribution in [0.25, 0.3) is 0 Å². The van der Waals surface area contributed by atoms with Crippen LogP contribution in [-0.2, 0) is 11.2 Å². The van der Waals surface area contributed by atoms with E-state index in [4.69, 9.17) is 0 Å². The van der Waals surface area contributed by atoms with Crippen molar-refractivity contribution in [3.63, 3.8) is 0 Å². The van der Waals surface area contributed by atoms with E-state index in [1.807, 2.05) is 17.4 Å². The van der Waals surface area contributed by atoms with Gasteiger partial charge in [-0.2, -0.15) is 0 Å². The number of thiophene rings is 1. The average Bonchev–Trinajstić information content (AvgIpc) is 2.99. The molecule has 2 aromatic rings. The molecule has 0 fully saturated rings. The van der Waals surface area contributed by atoms with Gasteiger partial charge < -0.3 is 10.2 Å². The van der Waals surface area contributed by atoms with Gasteiger partial charge in [0, 0.05) is 28.1 Å². The Morgan fingerprint density at radius 2 is 2.17 bits per heavy atom. The van der Waals surface area contributed by atoms with Gasteiger partial charge in [0.15, 0.2) is 12.3 Å². The Morgan fingerprint density at radius 1 is 1.35 bits per heavy atom. The molecule has 4 nitrogen and oxygen atoms in total. The summed E-state index contributed by atoms with van der Waals surface area (Å²) in [5.74, 6) is -0.00686. The van der Waals surface area contributed by atoms with Crippen molar-refractivity contribution < 1.29 is 14.5 Å². The third-order valence-corrected chi connectivity index (χ3v) is 5.47. The molecule has 1 aromatic heterocycles.